The van der Waals surface area contributed by atoms with E-state index in [2.05, 4.69) is 16.5 Å². The molecule has 142 valence electrons. The molecule has 1 atom stereocenters. The molecule has 8 heteroatoms. The lowest BCUT2D eigenvalue weighted by atomic mass is 10.1. The zero-order valence-electron chi connectivity index (χ0n) is 14.7. The first-order valence-electron chi connectivity index (χ1n) is 9.04. The fourth-order valence-electron chi connectivity index (χ4n) is 3.45. The molecule has 2 aliphatic heterocycles. The molecule has 4 rings (SSSR count). The third-order valence-corrected chi connectivity index (χ3v) is 6.79. The highest BCUT2D eigenvalue weighted by Crippen LogP contribution is 2.41. The molecule has 1 fully saturated rings. The lowest BCUT2D eigenvalue weighted by Gasteiger charge is -2.27. The van der Waals surface area contributed by atoms with Gasteiger partial charge in [-0.15, -0.1) is 11.3 Å². The molecule has 0 aliphatic carbocycles. The van der Waals surface area contributed by atoms with E-state index >= 15 is 0 Å². The third kappa shape index (κ3) is 4.30. The predicted octanol–water partition coefficient (Wildman–Crippen LogP) is 5.68. The number of thiophene rings is 1. The number of hydrogen-bond acceptors (Lipinski definition) is 5. The summed E-state index contributed by atoms with van der Waals surface area (Å²) in [4.78, 5) is 1.85. The first kappa shape index (κ1) is 19.2. The Morgan fingerprint density at radius 2 is 1.89 bits per heavy atom. The molecule has 0 bridgehead atoms. The summed E-state index contributed by atoms with van der Waals surface area (Å²) in [5.41, 5.74) is 5.14. The summed E-state index contributed by atoms with van der Waals surface area (Å²) < 4.78 is 0.770. The Kier molecular flexibility index (Phi) is 5.99. The molecule has 1 saturated heterocycles. The highest BCUT2D eigenvalue weighted by molar-refractivity contribution is 7.82. The van der Waals surface area contributed by atoms with Crippen LogP contribution in [-0.2, 0) is 0 Å². The van der Waals surface area contributed by atoms with Crippen molar-refractivity contribution >= 4 is 63.1 Å². The van der Waals surface area contributed by atoms with Crippen molar-refractivity contribution in [2.75, 3.05) is 18.1 Å². The van der Waals surface area contributed by atoms with Crippen LogP contribution in [0, 0.1) is 0 Å². The second kappa shape index (κ2) is 8.45. The van der Waals surface area contributed by atoms with Gasteiger partial charge in [0.15, 0.2) is 0 Å². The maximum absolute atomic E-state index is 6.45. The molecule has 3 heterocycles. The van der Waals surface area contributed by atoms with Crippen LogP contribution in [0.5, 0.6) is 0 Å². The first-order valence-corrected chi connectivity index (χ1v) is 11.0. The number of nitrogens with zero attached hydrogens (tertiary/aromatic N) is 3. The summed E-state index contributed by atoms with van der Waals surface area (Å²) in [6, 6.07) is 11.8. The van der Waals surface area contributed by atoms with Crippen molar-refractivity contribution in [2.45, 2.75) is 31.7 Å². The normalized spacial score (nSPS) is 20.6. The van der Waals surface area contributed by atoms with Crippen LogP contribution in [0.1, 0.15) is 36.6 Å². The summed E-state index contributed by atoms with van der Waals surface area (Å²) in [5.74, 6) is 0. The number of halogens is 2. The molecule has 2 aromatic rings. The Morgan fingerprint density at radius 1 is 1.11 bits per heavy atom. The number of para-hydroxylation sites is 1. The zero-order valence-corrected chi connectivity index (χ0v) is 17.8. The Morgan fingerprint density at radius 3 is 2.59 bits per heavy atom. The summed E-state index contributed by atoms with van der Waals surface area (Å²) >= 11 is 19.9. The highest BCUT2D eigenvalue weighted by Gasteiger charge is 2.33. The van der Waals surface area contributed by atoms with Gasteiger partial charge in [0.25, 0.3) is 0 Å². The van der Waals surface area contributed by atoms with E-state index in [1.807, 2.05) is 35.3 Å². The molecule has 0 radical (unpaired) electrons. The molecule has 1 unspecified atom stereocenters. The molecule has 0 amide bonds. The van der Waals surface area contributed by atoms with E-state index in [0.717, 1.165) is 40.1 Å². The average Bonchev–Trinajstić information content (AvgIpc) is 3.29. The lowest BCUT2D eigenvalue weighted by molar-refractivity contribution is 0.197. The monoisotopic (exact) mass is 438 g/mol. The zero-order chi connectivity index (χ0) is 18.8. The smallest absolute Gasteiger partial charge is 0.137 e. The van der Waals surface area contributed by atoms with Crippen LogP contribution in [0.15, 0.2) is 41.5 Å². The molecule has 2 aliphatic rings. The molecule has 1 N–H and O–H groups in total. The van der Waals surface area contributed by atoms with Crippen molar-refractivity contribution in [3.05, 3.63) is 50.6 Å². The fraction of sp³-hybridized carbons (Fsp3) is 0.368. The number of anilines is 1. The number of hydrazone groups is 1. The van der Waals surface area contributed by atoms with Crippen molar-refractivity contribution in [1.82, 2.24) is 10.4 Å². The van der Waals surface area contributed by atoms with E-state index < -0.39 is 0 Å². The third-order valence-electron chi connectivity index (χ3n) is 4.81. The number of piperidine rings is 1. The van der Waals surface area contributed by atoms with Gasteiger partial charge in [0, 0.05) is 24.4 Å². The molecular formula is C19H20Cl2N4S2. The van der Waals surface area contributed by atoms with E-state index in [-0.39, 0.29) is 6.04 Å². The number of hydrazine groups is 1. The number of thiocarbonyl (C=S) groups is 1. The predicted molar refractivity (Wildman–Crippen MR) is 119 cm³/mol. The first-order chi connectivity index (χ1) is 13.1. The van der Waals surface area contributed by atoms with Gasteiger partial charge in [0.2, 0.25) is 0 Å². The standard InChI is InChI=1S/C19H20Cl2N4S2/c20-13-6-2-3-7-15(13)25-16(17-8-9-18(21)27-17)12-14(22-25)19(26)23-24-10-4-1-5-11-24/h2-3,6-9,16H,1,4-5,10-12H2,(H,23,26). The van der Waals surface area contributed by atoms with Crippen LogP contribution in [0.2, 0.25) is 9.36 Å². The van der Waals surface area contributed by atoms with Gasteiger partial charge in [0.05, 0.1) is 26.8 Å². The van der Waals surface area contributed by atoms with Crippen molar-refractivity contribution in [3.63, 3.8) is 0 Å². The second-order valence-corrected chi connectivity index (χ2v) is 9.26. The maximum atomic E-state index is 6.45. The Labute approximate surface area is 178 Å². The Hall–Kier alpha value is -1.18. The molecule has 27 heavy (non-hydrogen) atoms. The van der Waals surface area contributed by atoms with Crippen LogP contribution in [0.4, 0.5) is 5.69 Å². The molecule has 0 saturated carbocycles. The van der Waals surface area contributed by atoms with E-state index in [4.69, 9.17) is 40.5 Å². The minimum atomic E-state index is 0.0403. The van der Waals surface area contributed by atoms with Gasteiger partial charge in [0.1, 0.15) is 4.99 Å². The highest BCUT2D eigenvalue weighted by atomic mass is 35.5. The van der Waals surface area contributed by atoms with Crippen molar-refractivity contribution in [1.29, 1.82) is 0 Å². The lowest BCUT2D eigenvalue weighted by Crippen LogP contribution is -2.46. The molecule has 4 nitrogen and oxygen atoms in total. The van der Waals surface area contributed by atoms with Crippen molar-refractivity contribution in [3.8, 4) is 0 Å². The Bertz CT molecular complexity index is 861. The number of benzene rings is 1. The Balaban J connectivity index is 1.60. The van der Waals surface area contributed by atoms with Gasteiger partial charge in [-0.1, -0.05) is 54.0 Å². The molecule has 1 aromatic heterocycles. The van der Waals surface area contributed by atoms with Crippen molar-refractivity contribution in [2.24, 2.45) is 5.10 Å². The fourth-order valence-corrected chi connectivity index (χ4v) is 5.07. The minimum absolute atomic E-state index is 0.0403. The van der Waals surface area contributed by atoms with E-state index in [1.54, 1.807) is 11.3 Å². The summed E-state index contributed by atoms with van der Waals surface area (Å²) in [7, 11) is 0. The van der Waals surface area contributed by atoms with E-state index in [0.29, 0.717) is 10.0 Å². The number of hydrogen-bond donors (Lipinski definition) is 1. The number of nitrogens with one attached hydrogen (secondary N) is 1. The van der Waals surface area contributed by atoms with Crippen LogP contribution >= 0.6 is 46.8 Å². The van der Waals surface area contributed by atoms with E-state index in [1.165, 1.54) is 19.3 Å². The van der Waals surface area contributed by atoms with Gasteiger partial charge < -0.3 is 5.43 Å². The van der Waals surface area contributed by atoms with Gasteiger partial charge in [-0.3, -0.25) is 5.01 Å². The summed E-state index contributed by atoms with van der Waals surface area (Å²) in [6.07, 6.45) is 4.41. The van der Waals surface area contributed by atoms with Crippen LogP contribution in [0.25, 0.3) is 0 Å². The molecule has 0 spiro atoms. The quantitative estimate of drug-likeness (QED) is 0.621. The van der Waals surface area contributed by atoms with Gasteiger partial charge in [-0.05, 0) is 37.1 Å². The maximum Gasteiger partial charge on any atom is 0.137 e. The summed E-state index contributed by atoms with van der Waals surface area (Å²) in [6.45, 7) is 2.04. The van der Waals surface area contributed by atoms with Crippen molar-refractivity contribution < 1.29 is 0 Å². The summed E-state index contributed by atoms with van der Waals surface area (Å²) in [5, 5.41) is 9.70. The van der Waals surface area contributed by atoms with Gasteiger partial charge in [-0.2, -0.15) is 5.10 Å². The van der Waals surface area contributed by atoms with E-state index in [9.17, 15) is 0 Å². The average molecular weight is 439 g/mol. The number of rotatable bonds is 4. The molecular weight excluding hydrogens is 419 g/mol. The van der Waals surface area contributed by atoms with Crippen LogP contribution < -0.4 is 10.4 Å². The SMILES string of the molecule is S=C(NN1CCCCC1)C1=NN(c2ccccc2Cl)C(c2ccc(Cl)s2)C1. The van der Waals surface area contributed by atoms with Crippen LogP contribution in [0.3, 0.4) is 0 Å². The molecule has 1 aromatic carbocycles. The van der Waals surface area contributed by atoms with Gasteiger partial charge >= 0.3 is 0 Å². The topological polar surface area (TPSA) is 30.9 Å². The largest absolute Gasteiger partial charge is 0.308 e. The van der Waals surface area contributed by atoms with Crippen LogP contribution in [-0.4, -0.2) is 28.8 Å². The second-order valence-electron chi connectivity index (χ2n) is 6.69. The minimum Gasteiger partial charge on any atom is -0.308 e. The van der Waals surface area contributed by atoms with Gasteiger partial charge in [-0.25, -0.2) is 5.01 Å².